The summed E-state index contributed by atoms with van der Waals surface area (Å²) >= 11 is 0. The zero-order valence-corrected chi connectivity index (χ0v) is 17.7. The van der Waals surface area contributed by atoms with Crippen molar-refractivity contribution >= 4 is 34.4 Å². The van der Waals surface area contributed by atoms with Gasteiger partial charge in [0.1, 0.15) is 11.5 Å². The fraction of sp³-hybridized carbons (Fsp3) is 0.120. The van der Waals surface area contributed by atoms with Crippen molar-refractivity contribution in [2.75, 3.05) is 11.5 Å². The van der Waals surface area contributed by atoms with E-state index in [0.29, 0.717) is 29.0 Å². The summed E-state index contributed by atoms with van der Waals surface area (Å²) in [5.74, 6) is -0.992. The average molecular weight is 440 g/mol. The van der Waals surface area contributed by atoms with E-state index in [0.717, 1.165) is 5.52 Å². The molecule has 0 bridgehead atoms. The standard InChI is InChI=1S/C25H20N4O4/c1-2-33-17-11-9-15(10-12-17)22(30)20-21(16-6-5-13-26-14-16)29(24(32)23(20)31)25-27-18-7-3-4-8-19(18)28-25/h3-14,21,30H,2H2,1H3,(H,27,28)/b22-20+. The monoisotopic (exact) mass is 440 g/mol. The number of anilines is 1. The van der Waals surface area contributed by atoms with Crippen molar-refractivity contribution in [2.24, 2.45) is 0 Å². The Balaban J connectivity index is 1.67. The number of hydrogen-bond acceptors (Lipinski definition) is 6. The summed E-state index contributed by atoms with van der Waals surface area (Å²) in [5, 5.41) is 11.2. The molecule has 1 amide bonds. The topological polar surface area (TPSA) is 108 Å². The third kappa shape index (κ3) is 3.51. The van der Waals surface area contributed by atoms with Gasteiger partial charge in [0.05, 0.1) is 29.3 Å². The maximum atomic E-state index is 13.2. The molecule has 0 radical (unpaired) electrons. The summed E-state index contributed by atoms with van der Waals surface area (Å²) in [6.45, 7) is 2.39. The van der Waals surface area contributed by atoms with Gasteiger partial charge in [0.25, 0.3) is 5.78 Å². The highest BCUT2D eigenvalue weighted by atomic mass is 16.5. The molecular formula is C25H20N4O4. The van der Waals surface area contributed by atoms with Gasteiger partial charge < -0.3 is 14.8 Å². The molecule has 8 nitrogen and oxygen atoms in total. The highest BCUT2D eigenvalue weighted by Gasteiger charge is 2.48. The largest absolute Gasteiger partial charge is 0.507 e. The first kappa shape index (κ1) is 20.4. The molecule has 164 valence electrons. The van der Waals surface area contributed by atoms with Gasteiger partial charge in [-0.25, -0.2) is 4.98 Å². The van der Waals surface area contributed by atoms with Crippen LogP contribution < -0.4 is 9.64 Å². The summed E-state index contributed by atoms with van der Waals surface area (Å²) in [4.78, 5) is 39.4. The van der Waals surface area contributed by atoms with E-state index in [9.17, 15) is 14.7 Å². The van der Waals surface area contributed by atoms with Crippen LogP contribution in [0, 0.1) is 0 Å². The van der Waals surface area contributed by atoms with Gasteiger partial charge in [-0.05, 0) is 55.0 Å². The minimum Gasteiger partial charge on any atom is -0.507 e. The summed E-state index contributed by atoms with van der Waals surface area (Å²) in [7, 11) is 0. The van der Waals surface area contributed by atoms with Crippen molar-refractivity contribution in [1.29, 1.82) is 0 Å². The summed E-state index contributed by atoms with van der Waals surface area (Å²) in [5.41, 5.74) is 2.33. The van der Waals surface area contributed by atoms with Crippen molar-refractivity contribution in [3.63, 3.8) is 0 Å². The summed E-state index contributed by atoms with van der Waals surface area (Å²) in [6.07, 6.45) is 3.17. The Hall–Kier alpha value is -4.46. The lowest BCUT2D eigenvalue weighted by atomic mass is 9.96. The number of carbonyl (C=O) groups is 2. The molecule has 1 fully saturated rings. The summed E-state index contributed by atoms with van der Waals surface area (Å²) < 4.78 is 5.45. The van der Waals surface area contributed by atoms with E-state index < -0.39 is 17.7 Å². The number of aliphatic hydroxyl groups excluding tert-OH is 1. The Morgan fingerprint density at radius 1 is 1.09 bits per heavy atom. The predicted octanol–water partition coefficient (Wildman–Crippen LogP) is 3.98. The first-order valence-electron chi connectivity index (χ1n) is 10.5. The number of benzene rings is 2. The van der Waals surface area contributed by atoms with E-state index >= 15 is 0 Å². The fourth-order valence-corrected chi connectivity index (χ4v) is 3.99. The number of aliphatic hydroxyl groups is 1. The van der Waals surface area contributed by atoms with E-state index in [1.165, 1.54) is 4.90 Å². The number of nitrogens with one attached hydrogen (secondary N) is 1. The van der Waals surface area contributed by atoms with E-state index in [1.54, 1.807) is 48.8 Å². The molecular weight excluding hydrogens is 420 g/mol. The predicted molar refractivity (Wildman–Crippen MR) is 123 cm³/mol. The van der Waals surface area contributed by atoms with Crippen LogP contribution in [0.25, 0.3) is 16.8 Å². The van der Waals surface area contributed by atoms with Crippen LogP contribution in [0.2, 0.25) is 0 Å². The molecule has 1 aliphatic rings. The molecule has 2 aromatic carbocycles. The molecule has 1 aliphatic heterocycles. The zero-order valence-electron chi connectivity index (χ0n) is 17.7. The minimum atomic E-state index is -0.897. The smallest absolute Gasteiger partial charge is 0.302 e. The van der Waals surface area contributed by atoms with Crippen LogP contribution in [0.5, 0.6) is 5.75 Å². The maximum absolute atomic E-state index is 13.2. The quantitative estimate of drug-likeness (QED) is 0.276. The van der Waals surface area contributed by atoms with Crippen LogP contribution in [0.3, 0.4) is 0 Å². The second-order valence-corrected chi connectivity index (χ2v) is 7.49. The second kappa shape index (κ2) is 8.23. The van der Waals surface area contributed by atoms with Gasteiger partial charge in [0, 0.05) is 18.0 Å². The molecule has 2 aromatic heterocycles. The first-order chi connectivity index (χ1) is 16.1. The number of H-pyrrole nitrogens is 1. The molecule has 5 rings (SSSR count). The number of aromatic amines is 1. The molecule has 2 N–H and O–H groups in total. The number of carbonyl (C=O) groups excluding carboxylic acids is 2. The third-order valence-corrected chi connectivity index (χ3v) is 5.49. The normalized spacial score (nSPS) is 17.6. The molecule has 4 aromatic rings. The highest BCUT2D eigenvalue weighted by molar-refractivity contribution is 6.51. The van der Waals surface area contributed by atoms with Gasteiger partial charge in [-0.15, -0.1) is 0 Å². The number of nitrogens with zero attached hydrogens (tertiary/aromatic N) is 3. The van der Waals surface area contributed by atoms with E-state index in [4.69, 9.17) is 4.74 Å². The molecule has 1 saturated heterocycles. The number of aromatic nitrogens is 3. The van der Waals surface area contributed by atoms with Gasteiger partial charge in [-0.1, -0.05) is 18.2 Å². The molecule has 8 heteroatoms. The molecule has 0 saturated carbocycles. The van der Waals surface area contributed by atoms with Gasteiger partial charge in [-0.2, -0.15) is 0 Å². The van der Waals surface area contributed by atoms with Crippen LogP contribution in [-0.2, 0) is 9.59 Å². The van der Waals surface area contributed by atoms with Crippen LogP contribution >= 0.6 is 0 Å². The molecule has 1 atom stereocenters. The van der Waals surface area contributed by atoms with Gasteiger partial charge in [0.2, 0.25) is 5.95 Å². The van der Waals surface area contributed by atoms with Crippen LogP contribution in [0.1, 0.15) is 24.1 Å². The lowest BCUT2D eigenvalue weighted by Crippen LogP contribution is -2.30. The Labute approximate surface area is 189 Å². The Morgan fingerprint density at radius 2 is 1.88 bits per heavy atom. The number of fused-ring (bicyclic) bond motifs is 1. The number of para-hydroxylation sites is 2. The second-order valence-electron chi connectivity index (χ2n) is 7.49. The fourth-order valence-electron chi connectivity index (χ4n) is 3.99. The Kier molecular flexibility index (Phi) is 5.10. The van der Waals surface area contributed by atoms with Gasteiger partial charge in [0.15, 0.2) is 0 Å². The van der Waals surface area contributed by atoms with Gasteiger partial charge >= 0.3 is 5.91 Å². The number of hydrogen-bond donors (Lipinski definition) is 2. The molecule has 1 unspecified atom stereocenters. The lowest BCUT2D eigenvalue weighted by molar-refractivity contribution is -0.132. The number of imidazole rings is 1. The van der Waals surface area contributed by atoms with E-state index in [2.05, 4.69) is 15.0 Å². The minimum absolute atomic E-state index is 0.0300. The van der Waals surface area contributed by atoms with E-state index in [-0.39, 0.29) is 17.3 Å². The number of pyridine rings is 1. The van der Waals surface area contributed by atoms with Crippen LogP contribution in [0.4, 0.5) is 5.95 Å². The van der Waals surface area contributed by atoms with Crippen molar-refractivity contribution in [2.45, 2.75) is 13.0 Å². The van der Waals surface area contributed by atoms with Gasteiger partial charge in [-0.3, -0.25) is 19.5 Å². The molecule has 0 aliphatic carbocycles. The maximum Gasteiger partial charge on any atom is 0.302 e. The van der Waals surface area contributed by atoms with Crippen molar-refractivity contribution in [3.8, 4) is 5.75 Å². The number of ketones is 1. The average Bonchev–Trinajstić information content (AvgIpc) is 3.38. The SMILES string of the molecule is CCOc1ccc(/C(O)=C2\C(=O)C(=O)N(c3nc4ccccc4[nH]3)C2c2cccnc2)cc1. The highest BCUT2D eigenvalue weighted by Crippen LogP contribution is 2.41. The van der Waals surface area contributed by atoms with Crippen molar-refractivity contribution in [1.82, 2.24) is 15.0 Å². The number of ether oxygens (including phenoxy) is 1. The van der Waals surface area contributed by atoms with Crippen LogP contribution in [-0.4, -0.2) is 38.4 Å². The summed E-state index contributed by atoms with van der Waals surface area (Å²) in [6, 6.07) is 16.6. The van der Waals surface area contributed by atoms with Crippen molar-refractivity contribution < 1.29 is 19.4 Å². The Morgan fingerprint density at radius 3 is 2.58 bits per heavy atom. The number of Topliss-reactive ketones (excluding diaryl/α,β-unsaturated/α-hetero) is 1. The first-order valence-corrected chi connectivity index (χ1v) is 10.5. The Bertz CT molecular complexity index is 1340. The number of rotatable bonds is 5. The van der Waals surface area contributed by atoms with Crippen LogP contribution in [0.15, 0.2) is 78.6 Å². The van der Waals surface area contributed by atoms with Crippen molar-refractivity contribution in [3.05, 3.63) is 89.8 Å². The zero-order chi connectivity index (χ0) is 22.9. The lowest BCUT2D eigenvalue weighted by Gasteiger charge is -2.22. The third-order valence-electron chi connectivity index (χ3n) is 5.49. The molecule has 33 heavy (non-hydrogen) atoms. The van der Waals surface area contributed by atoms with E-state index in [1.807, 2.05) is 31.2 Å². The number of amides is 1. The molecule has 3 heterocycles. The molecule has 0 spiro atoms.